The number of nitrogen functional groups attached to an aromatic ring is 1. The van der Waals surface area contributed by atoms with Crippen molar-refractivity contribution >= 4 is 28.1 Å². The molecule has 1 aliphatic heterocycles. The van der Waals surface area contributed by atoms with Crippen LogP contribution in [0, 0.1) is 0 Å². The summed E-state index contributed by atoms with van der Waals surface area (Å²) < 4.78 is 26.1. The van der Waals surface area contributed by atoms with Crippen molar-refractivity contribution in [3.63, 3.8) is 0 Å². The first-order chi connectivity index (χ1) is 19.8. The topological polar surface area (TPSA) is 88.7 Å². The lowest BCUT2D eigenvalue weighted by molar-refractivity contribution is -0.0898. The maximum Gasteiger partial charge on any atom is 0.135 e. The van der Waals surface area contributed by atoms with Crippen LogP contribution in [0.4, 0.5) is 5.82 Å². The van der Waals surface area contributed by atoms with Gasteiger partial charge < -0.3 is 24.7 Å². The predicted octanol–water partition coefficient (Wildman–Crippen LogP) is 6.10. The molecule has 0 saturated carbocycles. The average molecular weight is 554 g/mol. The molecule has 0 spiro atoms. The van der Waals surface area contributed by atoms with E-state index in [2.05, 4.69) is 46.4 Å². The Hall–Kier alpha value is -3.66. The maximum atomic E-state index is 6.73. The molecule has 6 rings (SSSR count). The van der Waals surface area contributed by atoms with Gasteiger partial charge in [-0.2, -0.15) is 0 Å². The number of hydrogen-bond donors (Lipinski definition) is 1. The molecule has 2 N–H and O–H groups in total. The van der Waals surface area contributed by atoms with E-state index in [1.165, 1.54) is 6.33 Å². The molecule has 1 aliphatic rings. The van der Waals surface area contributed by atoms with Crippen LogP contribution in [0.1, 0.15) is 27.7 Å². The fourth-order valence-corrected chi connectivity index (χ4v) is 6.03. The number of benzene rings is 3. The van der Waals surface area contributed by atoms with E-state index in [0.717, 1.165) is 32.5 Å². The van der Waals surface area contributed by atoms with Gasteiger partial charge in [-0.25, -0.2) is 9.97 Å². The van der Waals surface area contributed by atoms with Crippen LogP contribution < -0.4 is 5.73 Å². The van der Waals surface area contributed by atoms with Crippen LogP contribution in [-0.4, -0.2) is 34.9 Å². The lowest BCUT2D eigenvalue weighted by Gasteiger charge is -2.25. The Balaban J connectivity index is 1.29. The molecule has 204 valence electrons. The third-order valence-corrected chi connectivity index (χ3v) is 8.02. The minimum atomic E-state index is -0.411. The summed E-state index contributed by atoms with van der Waals surface area (Å²) in [7, 11) is 0. The van der Waals surface area contributed by atoms with Crippen LogP contribution in [0.15, 0.2) is 103 Å². The molecule has 2 aromatic heterocycles. The van der Waals surface area contributed by atoms with Gasteiger partial charge in [-0.3, -0.25) is 0 Å². The second kappa shape index (κ2) is 12.7. The first-order valence-corrected chi connectivity index (χ1v) is 14.2. The highest BCUT2D eigenvalue weighted by atomic mass is 32.1. The summed E-state index contributed by atoms with van der Waals surface area (Å²) in [6.07, 6.45) is -0.0403. The number of fused-ring (bicyclic) bond motifs is 1. The lowest BCUT2D eigenvalue weighted by Crippen LogP contribution is -2.37. The second-order valence-electron chi connectivity index (χ2n) is 9.74. The minimum absolute atomic E-state index is 0.352. The number of hydrogen-bond acceptors (Lipinski definition) is 8. The van der Waals surface area contributed by atoms with E-state index in [1.54, 1.807) is 11.3 Å². The zero-order valence-electron chi connectivity index (χ0n) is 22.0. The third-order valence-electron chi connectivity index (χ3n) is 6.98. The van der Waals surface area contributed by atoms with Gasteiger partial charge >= 0.3 is 0 Å². The molecule has 1 saturated heterocycles. The molecule has 0 amide bonds. The van der Waals surface area contributed by atoms with Gasteiger partial charge in [0.05, 0.1) is 42.2 Å². The lowest BCUT2D eigenvalue weighted by atomic mass is 10.0. The summed E-state index contributed by atoms with van der Waals surface area (Å²) in [4.78, 5) is 9.66. The van der Waals surface area contributed by atoms with Crippen molar-refractivity contribution in [1.82, 2.24) is 9.97 Å². The number of thiophene rings is 1. The van der Waals surface area contributed by atoms with Gasteiger partial charge in [0.25, 0.3) is 0 Å². The molecule has 3 aromatic carbocycles. The van der Waals surface area contributed by atoms with Crippen LogP contribution in [0.5, 0.6) is 0 Å². The Labute approximate surface area is 237 Å². The smallest absolute Gasteiger partial charge is 0.135 e. The van der Waals surface area contributed by atoms with E-state index in [4.69, 9.17) is 24.7 Å². The van der Waals surface area contributed by atoms with Gasteiger partial charge in [0.2, 0.25) is 0 Å². The van der Waals surface area contributed by atoms with Crippen molar-refractivity contribution in [3.8, 4) is 0 Å². The van der Waals surface area contributed by atoms with E-state index >= 15 is 0 Å². The largest absolute Gasteiger partial charge is 0.383 e. The molecular weight excluding hydrogens is 522 g/mol. The summed E-state index contributed by atoms with van der Waals surface area (Å²) in [5, 5.41) is 2.80. The summed E-state index contributed by atoms with van der Waals surface area (Å²) >= 11 is 1.56. The second-order valence-corrected chi connectivity index (χ2v) is 10.7. The van der Waals surface area contributed by atoms with E-state index in [-0.39, 0.29) is 12.2 Å². The molecule has 0 aliphatic carbocycles. The molecule has 1 fully saturated rings. The predicted molar refractivity (Wildman–Crippen MR) is 156 cm³/mol. The molecule has 40 heavy (non-hydrogen) atoms. The zero-order chi connectivity index (χ0) is 27.1. The summed E-state index contributed by atoms with van der Waals surface area (Å²) in [5.74, 6) is 0.451. The van der Waals surface area contributed by atoms with Crippen molar-refractivity contribution in [3.05, 3.63) is 124 Å². The Bertz CT molecular complexity index is 1500. The van der Waals surface area contributed by atoms with Crippen LogP contribution in [0.2, 0.25) is 0 Å². The van der Waals surface area contributed by atoms with E-state index in [0.29, 0.717) is 32.2 Å². The van der Waals surface area contributed by atoms with Crippen molar-refractivity contribution in [2.75, 3.05) is 12.3 Å². The van der Waals surface area contributed by atoms with Gasteiger partial charge in [-0.1, -0.05) is 91.0 Å². The van der Waals surface area contributed by atoms with Crippen molar-refractivity contribution < 1.29 is 18.9 Å². The molecule has 5 aromatic rings. The number of aromatic nitrogens is 2. The summed E-state index contributed by atoms with van der Waals surface area (Å²) in [6, 6.07) is 30.4. The summed E-state index contributed by atoms with van der Waals surface area (Å²) in [5.41, 5.74) is 10.2. The Morgan fingerprint density at radius 1 is 0.725 bits per heavy atom. The first-order valence-electron chi connectivity index (χ1n) is 13.3. The van der Waals surface area contributed by atoms with Crippen LogP contribution in [0.3, 0.4) is 0 Å². The SMILES string of the molecule is Nc1ncnc2c(C3O[C@H](COCc4ccccc4)[C@@H](OCc4ccccc4)[C@H]3OCc3ccccc3)scc12. The molecule has 0 bridgehead atoms. The van der Waals surface area contributed by atoms with E-state index in [1.807, 2.05) is 60.0 Å². The Morgan fingerprint density at radius 2 is 1.30 bits per heavy atom. The van der Waals surface area contributed by atoms with Crippen molar-refractivity contribution in [2.24, 2.45) is 0 Å². The molecule has 3 heterocycles. The van der Waals surface area contributed by atoms with Gasteiger partial charge in [0.1, 0.15) is 36.6 Å². The standard InChI is InChI=1S/C32H31N3O4S/c33-32-25-20-40-31(27(25)34-21-35-32)30-29(38-18-24-14-8-3-9-15-24)28(37-17-23-12-6-2-7-13-23)26(39-30)19-36-16-22-10-4-1-5-11-22/h1-15,20-21,26,28-30H,16-19H2,(H2,33,34,35)/t26-,28-,29-,30?/m1/s1. The number of ether oxygens (including phenoxy) is 4. The fourth-order valence-electron chi connectivity index (χ4n) is 4.96. The van der Waals surface area contributed by atoms with E-state index < -0.39 is 12.2 Å². The normalized spacial score (nSPS) is 20.7. The molecule has 8 heteroatoms. The highest BCUT2D eigenvalue weighted by Gasteiger charge is 2.48. The van der Waals surface area contributed by atoms with Crippen LogP contribution in [-0.2, 0) is 38.8 Å². The first kappa shape index (κ1) is 26.6. The summed E-state index contributed by atoms with van der Waals surface area (Å²) in [6.45, 7) is 1.70. The van der Waals surface area contributed by atoms with E-state index in [9.17, 15) is 0 Å². The van der Waals surface area contributed by atoms with Crippen LogP contribution >= 0.6 is 11.3 Å². The number of nitrogens with two attached hydrogens (primary N) is 1. The third kappa shape index (κ3) is 6.06. The minimum Gasteiger partial charge on any atom is -0.383 e. The molecule has 1 unspecified atom stereocenters. The zero-order valence-corrected chi connectivity index (χ0v) is 22.8. The highest BCUT2D eigenvalue weighted by Crippen LogP contribution is 2.43. The van der Waals surface area contributed by atoms with Gasteiger partial charge in [-0.15, -0.1) is 11.3 Å². The number of rotatable bonds is 11. The Morgan fingerprint density at radius 3 is 1.93 bits per heavy atom. The molecule has 0 radical (unpaired) electrons. The molecule has 7 nitrogen and oxygen atoms in total. The molecular formula is C32H31N3O4S. The van der Waals surface area contributed by atoms with Crippen molar-refractivity contribution in [2.45, 2.75) is 44.2 Å². The fraction of sp³-hybridized carbons (Fsp3) is 0.250. The number of nitrogens with zero attached hydrogens (tertiary/aromatic N) is 2. The van der Waals surface area contributed by atoms with Gasteiger partial charge in [-0.05, 0) is 16.7 Å². The average Bonchev–Trinajstić information content (AvgIpc) is 3.58. The van der Waals surface area contributed by atoms with Gasteiger partial charge in [0.15, 0.2) is 0 Å². The Kier molecular flexibility index (Phi) is 8.42. The maximum absolute atomic E-state index is 6.73. The molecule has 4 atom stereocenters. The highest BCUT2D eigenvalue weighted by molar-refractivity contribution is 7.11. The van der Waals surface area contributed by atoms with Gasteiger partial charge in [0, 0.05) is 5.38 Å². The number of anilines is 1. The quantitative estimate of drug-likeness (QED) is 0.211. The van der Waals surface area contributed by atoms with Crippen LogP contribution in [0.25, 0.3) is 10.9 Å². The van der Waals surface area contributed by atoms with Crippen molar-refractivity contribution in [1.29, 1.82) is 0 Å². The monoisotopic (exact) mass is 553 g/mol.